The Morgan fingerprint density at radius 1 is 1.28 bits per heavy atom. The van der Waals surface area contributed by atoms with Gasteiger partial charge in [0.25, 0.3) is 5.91 Å². The maximum Gasteiger partial charge on any atom is 0.273 e. The van der Waals surface area contributed by atoms with Gasteiger partial charge in [0, 0.05) is 26.7 Å². The van der Waals surface area contributed by atoms with Crippen molar-refractivity contribution < 1.29 is 4.79 Å². The predicted molar refractivity (Wildman–Crippen MR) is 113 cm³/mol. The molecule has 0 aliphatic carbocycles. The topological polar surface area (TPSA) is 66.3 Å². The highest BCUT2D eigenvalue weighted by atomic mass is 16.2. The zero-order valence-electron chi connectivity index (χ0n) is 18.0. The lowest BCUT2D eigenvalue weighted by Crippen LogP contribution is -2.63. The highest BCUT2D eigenvalue weighted by molar-refractivity contribution is 5.92. The number of likely N-dealkylation sites (tertiary alicyclic amines) is 2. The van der Waals surface area contributed by atoms with Crippen LogP contribution in [-0.2, 0) is 13.6 Å². The maximum atomic E-state index is 12.7. The molecular weight excluding hydrogens is 364 g/mol. The van der Waals surface area contributed by atoms with Crippen LogP contribution in [-0.4, -0.2) is 69.0 Å². The summed E-state index contributed by atoms with van der Waals surface area (Å²) in [4.78, 5) is 17.8. The molecule has 1 aromatic heterocycles. The highest BCUT2D eigenvalue weighted by Gasteiger charge is 2.49. The molecule has 156 valence electrons. The second-order valence-electron chi connectivity index (χ2n) is 8.86. The fourth-order valence-corrected chi connectivity index (χ4v) is 5.07. The van der Waals surface area contributed by atoms with Gasteiger partial charge in [-0.15, -0.1) is 5.10 Å². The third-order valence-corrected chi connectivity index (χ3v) is 6.78. The first kappa shape index (κ1) is 20.0. The summed E-state index contributed by atoms with van der Waals surface area (Å²) in [5, 5.41) is 11.1. The van der Waals surface area contributed by atoms with Crippen molar-refractivity contribution in [3.63, 3.8) is 0 Å². The van der Waals surface area contributed by atoms with Crippen molar-refractivity contribution in [1.29, 1.82) is 0 Å². The van der Waals surface area contributed by atoms with Crippen LogP contribution in [0.4, 0.5) is 0 Å². The average Bonchev–Trinajstić information content (AvgIpc) is 3.24. The lowest BCUT2D eigenvalue weighted by molar-refractivity contribution is 0.0352. The van der Waals surface area contributed by atoms with Gasteiger partial charge in [-0.3, -0.25) is 19.3 Å². The van der Waals surface area contributed by atoms with E-state index in [1.54, 1.807) is 17.9 Å². The molecule has 0 saturated carbocycles. The van der Waals surface area contributed by atoms with Crippen LogP contribution >= 0.6 is 0 Å². The molecule has 4 rings (SSSR count). The number of hydrogen-bond acceptors (Lipinski definition) is 5. The van der Waals surface area contributed by atoms with Gasteiger partial charge >= 0.3 is 0 Å². The van der Waals surface area contributed by atoms with Crippen LogP contribution < -0.4 is 5.32 Å². The van der Waals surface area contributed by atoms with Crippen LogP contribution in [0.3, 0.4) is 0 Å². The number of rotatable bonds is 4. The molecular formula is C22H32N6O. The van der Waals surface area contributed by atoms with Crippen molar-refractivity contribution in [2.24, 2.45) is 7.05 Å². The zero-order chi connectivity index (χ0) is 20.6. The van der Waals surface area contributed by atoms with E-state index in [9.17, 15) is 4.79 Å². The second-order valence-corrected chi connectivity index (χ2v) is 8.86. The normalized spacial score (nSPS) is 25.6. The van der Waals surface area contributed by atoms with Crippen LogP contribution in [0.1, 0.15) is 46.4 Å². The van der Waals surface area contributed by atoms with Gasteiger partial charge in [0.15, 0.2) is 5.69 Å². The summed E-state index contributed by atoms with van der Waals surface area (Å²) >= 11 is 0. The molecule has 2 unspecified atom stereocenters. The molecule has 1 spiro atoms. The molecule has 2 aliphatic rings. The molecule has 1 aromatic carbocycles. The number of carbonyl (C=O) groups excluding carboxylic acids is 1. The zero-order valence-corrected chi connectivity index (χ0v) is 18.0. The van der Waals surface area contributed by atoms with E-state index in [1.807, 2.05) is 0 Å². The molecule has 2 fully saturated rings. The molecule has 3 heterocycles. The number of amides is 1. The van der Waals surface area contributed by atoms with E-state index in [4.69, 9.17) is 0 Å². The first-order valence-electron chi connectivity index (χ1n) is 10.5. The quantitative estimate of drug-likeness (QED) is 0.855. The Hall–Kier alpha value is -2.25. The van der Waals surface area contributed by atoms with Crippen LogP contribution in [0.5, 0.6) is 0 Å². The molecule has 0 radical (unpaired) electrons. The van der Waals surface area contributed by atoms with Crippen molar-refractivity contribution in [2.75, 3.05) is 26.7 Å². The molecule has 0 bridgehead atoms. The van der Waals surface area contributed by atoms with Gasteiger partial charge < -0.3 is 5.32 Å². The molecule has 7 nitrogen and oxygen atoms in total. The number of piperidine rings is 1. The van der Waals surface area contributed by atoms with E-state index in [2.05, 4.69) is 64.5 Å². The van der Waals surface area contributed by atoms with Crippen molar-refractivity contribution >= 4 is 5.91 Å². The summed E-state index contributed by atoms with van der Waals surface area (Å²) in [6, 6.07) is 6.83. The van der Waals surface area contributed by atoms with E-state index in [0.717, 1.165) is 45.4 Å². The Balaban J connectivity index is 1.51. The predicted octanol–water partition coefficient (Wildman–Crippen LogP) is 1.90. The minimum Gasteiger partial charge on any atom is -0.346 e. The molecule has 1 amide bonds. The number of aromatic nitrogens is 3. The Kier molecular flexibility index (Phi) is 5.44. The lowest BCUT2D eigenvalue weighted by atomic mass is 9.82. The fourth-order valence-electron chi connectivity index (χ4n) is 5.07. The van der Waals surface area contributed by atoms with Crippen molar-refractivity contribution in [3.05, 3.63) is 46.8 Å². The number of nitrogens with zero attached hydrogens (tertiary/aromatic N) is 5. The summed E-state index contributed by atoms with van der Waals surface area (Å²) in [6.45, 7) is 8.40. The van der Waals surface area contributed by atoms with Crippen LogP contribution in [0.15, 0.2) is 24.4 Å². The van der Waals surface area contributed by atoms with Gasteiger partial charge in [0.05, 0.1) is 17.8 Å². The van der Waals surface area contributed by atoms with E-state index in [0.29, 0.717) is 5.69 Å². The standard InChI is InChI=1S/C22H32N6O/c1-16-6-7-17(2)18(12-16)13-28-10-5-9-22(15-28)20(8-11-26(22)3)23-21(29)19-14-27(4)25-24-19/h6-7,12,14,20H,5,8-11,13,15H2,1-4H3,(H,23,29). The number of carbonyl (C=O) groups is 1. The number of nitrogens with one attached hydrogen (secondary N) is 1. The molecule has 2 saturated heterocycles. The van der Waals surface area contributed by atoms with Gasteiger partial charge in [-0.25, -0.2) is 0 Å². The Labute approximate surface area is 173 Å². The van der Waals surface area contributed by atoms with E-state index >= 15 is 0 Å². The van der Waals surface area contributed by atoms with Crippen molar-refractivity contribution in [2.45, 2.75) is 51.2 Å². The lowest BCUT2D eigenvalue weighted by Gasteiger charge is -2.48. The largest absolute Gasteiger partial charge is 0.346 e. The Morgan fingerprint density at radius 3 is 2.86 bits per heavy atom. The van der Waals surface area contributed by atoms with Gasteiger partial charge in [-0.1, -0.05) is 29.0 Å². The number of benzene rings is 1. The molecule has 2 aliphatic heterocycles. The van der Waals surface area contributed by atoms with Crippen LogP contribution in [0, 0.1) is 13.8 Å². The van der Waals surface area contributed by atoms with Crippen molar-refractivity contribution in [1.82, 2.24) is 30.1 Å². The smallest absolute Gasteiger partial charge is 0.273 e. The summed E-state index contributed by atoms with van der Waals surface area (Å²) in [6.07, 6.45) is 4.90. The summed E-state index contributed by atoms with van der Waals surface area (Å²) in [5.74, 6) is -0.121. The number of likely N-dealkylation sites (N-methyl/N-ethyl adjacent to an activating group) is 1. The molecule has 7 heteroatoms. The van der Waals surface area contributed by atoms with Gasteiger partial charge in [0.1, 0.15) is 0 Å². The molecule has 2 atom stereocenters. The monoisotopic (exact) mass is 396 g/mol. The molecule has 29 heavy (non-hydrogen) atoms. The average molecular weight is 397 g/mol. The summed E-state index contributed by atoms with van der Waals surface area (Å²) < 4.78 is 1.57. The molecule has 2 aromatic rings. The van der Waals surface area contributed by atoms with Crippen LogP contribution in [0.2, 0.25) is 0 Å². The maximum absolute atomic E-state index is 12.7. The first-order chi connectivity index (χ1) is 13.9. The van der Waals surface area contributed by atoms with Crippen molar-refractivity contribution in [3.8, 4) is 0 Å². The van der Waals surface area contributed by atoms with E-state index in [1.165, 1.54) is 16.7 Å². The summed E-state index contributed by atoms with van der Waals surface area (Å²) in [5.41, 5.74) is 4.43. The fraction of sp³-hybridized carbons (Fsp3) is 0.591. The number of aryl methyl sites for hydroxylation is 3. The second kappa shape index (κ2) is 7.88. The Morgan fingerprint density at radius 2 is 2.10 bits per heavy atom. The van der Waals surface area contributed by atoms with E-state index < -0.39 is 0 Å². The minimum atomic E-state index is -0.121. The third kappa shape index (κ3) is 3.94. The highest BCUT2D eigenvalue weighted by Crippen LogP contribution is 2.37. The summed E-state index contributed by atoms with van der Waals surface area (Å²) in [7, 11) is 3.98. The third-order valence-electron chi connectivity index (χ3n) is 6.78. The van der Waals surface area contributed by atoms with Gasteiger partial charge in [-0.2, -0.15) is 0 Å². The van der Waals surface area contributed by atoms with Gasteiger partial charge in [-0.05, 0) is 57.8 Å². The molecule has 1 N–H and O–H groups in total. The van der Waals surface area contributed by atoms with E-state index in [-0.39, 0.29) is 17.5 Å². The SMILES string of the molecule is Cc1ccc(C)c(CN2CCCC3(C2)C(NC(=O)c2cn(C)nn2)CCN3C)c1. The minimum absolute atomic E-state index is 0.0200. The first-order valence-corrected chi connectivity index (χ1v) is 10.5. The van der Waals surface area contributed by atoms with Crippen LogP contribution in [0.25, 0.3) is 0 Å². The number of hydrogen-bond donors (Lipinski definition) is 1. The Bertz CT molecular complexity index is 893. The van der Waals surface area contributed by atoms with Gasteiger partial charge in [0.2, 0.25) is 0 Å².